The average molecular weight is 215 g/mol. The highest BCUT2D eigenvalue weighted by molar-refractivity contribution is 5.93. The molecule has 0 saturated carbocycles. The third-order valence-corrected chi connectivity index (χ3v) is 1.07. The van der Waals surface area contributed by atoms with Gasteiger partial charge in [0, 0.05) is 0 Å². The molecule has 6 heteroatoms. The van der Waals surface area contributed by atoms with Crippen molar-refractivity contribution in [2.45, 2.75) is 19.8 Å². The summed E-state index contributed by atoms with van der Waals surface area (Å²) in [5, 5.41) is 7.82. The third-order valence-electron chi connectivity index (χ3n) is 1.07. The third kappa shape index (κ3) is 14.9. The van der Waals surface area contributed by atoms with Crippen LogP contribution in [0.1, 0.15) is 19.8 Å². The lowest BCUT2D eigenvalue weighted by molar-refractivity contribution is -0.143. The summed E-state index contributed by atoms with van der Waals surface area (Å²) in [4.78, 5) is 30.3. The highest BCUT2D eigenvalue weighted by atomic mass is 16.5. The number of hydrogen-bond acceptors (Lipinski definition) is 6. The minimum absolute atomic E-state index is 0.115. The number of methoxy groups -OCH3 is 2. The summed E-state index contributed by atoms with van der Waals surface area (Å²) in [7, 11) is 2.50. The molecule has 0 saturated heterocycles. The van der Waals surface area contributed by atoms with Crippen molar-refractivity contribution in [1.29, 1.82) is 5.26 Å². The van der Waals surface area contributed by atoms with E-state index >= 15 is 0 Å². The van der Waals surface area contributed by atoms with Gasteiger partial charge in [0.25, 0.3) is 0 Å². The van der Waals surface area contributed by atoms with Gasteiger partial charge < -0.3 is 9.47 Å². The van der Waals surface area contributed by atoms with Crippen LogP contribution in [0.5, 0.6) is 0 Å². The number of carbonyl (C=O) groups excluding carboxylic acids is 3. The van der Waals surface area contributed by atoms with E-state index in [9.17, 15) is 14.4 Å². The van der Waals surface area contributed by atoms with Crippen molar-refractivity contribution in [2.24, 2.45) is 0 Å². The molecule has 0 bridgehead atoms. The summed E-state index contributed by atoms with van der Waals surface area (Å²) in [5.74, 6) is -1.13. The molecule has 0 aliphatic rings. The zero-order chi connectivity index (χ0) is 12.3. The number of hydrogen-bond donors (Lipinski definition) is 0. The minimum Gasteiger partial charge on any atom is -0.469 e. The predicted molar refractivity (Wildman–Crippen MR) is 49.6 cm³/mol. The van der Waals surface area contributed by atoms with Crippen LogP contribution in [0.25, 0.3) is 0 Å². The lowest BCUT2D eigenvalue weighted by Crippen LogP contribution is -2.05. The number of nitriles is 1. The molecule has 0 N–H and O–H groups in total. The first-order valence-electron chi connectivity index (χ1n) is 3.97. The number of ether oxygens (including phenoxy) is 2. The van der Waals surface area contributed by atoms with Crippen molar-refractivity contribution in [3.05, 3.63) is 0 Å². The molecule has 0 aromatic carbocycles. The summed E-state index contributed by atoms with van der Waals surface area (Å²) in [6.45, 7) is 1.34. The van der Waals surface area contributed by atoms with Gasteiger partial charge in [-0.05, 0) is 6.92 Å². The number of nitrogens with zero attached hydrogens (tertiary/aromatic N) is 1. The van der Waals surface area contributed by atoms with Crippen molar-refractivity contribution in [1.82, 2.24) is 0 Å². The lowest BCUT2D eigenvalue weighted by Gasteiger charge is -1.90. The Balaban J connectivity index is 0. The Morgan fingerprint density at radius 3 is 1.73 bits per heavy atom. The summed E-state index contributed by atoms with van der Waals surface area (Å²) in [5.41, 5.74) is 0. The maximum Gasteiger partial charge on any atom is 0.319 e. The first kappa shape index (κ1) is 15.6. The fourth-order valence-electron chi connectivity index (χ4n) is 0.412. The van der Waals surface area contributed by atoms with Gasteiger partial charge in [0.05, 0.1) is 20.3 Å². The molecule has 84 valence electrons. The maximum absolute atomic E-state index is 10.2. The zero-order valence-electron chi connectivity index (χ0n) is 8.90. The smallest absolute Gasteiger partial charge is 0.319 e. The van der Waals surface area contributed by atoms with Gasteiger partial charge in [-0.25, -0.2) is 0 Å². The van der Waals surface area contributed by atoms with Gasteiger partial charge in [-0.1, -0.05) is 0 Å². The Kier molecular flexibility index (Phi) is 10.6. The molecule has 0 radical (unpaired) electrons. The van der Waals surface area contributed by atoms with Crippen LogP contribution in [0, 0.1) is 11.3 Å². The van der Waals surface area contributed by atoms with E-state index in [1.807, 2.05) is 0 Å². The molecule has 0 spiro atoms. The van der Waals surface area contributed by atoms with Gasteiger partial charge in [-0.3, -0.25) is 14.4 Å². The second kappa shape index (κ2) is 10.2. The van der Waals surface area contributed by atoms with E-state index in [1.54, 1.807) is 6.07 Å². The van der Waals surface area contributed by atoms with Crippen LogP contribution in [0.2, 0.25) is 0 Å². The highest BCUT2D eigenvalue weighted by Crippen LogP contribution is 1.83. The summed E-state index contributed by atoms with van der Waals surface area (Å²) in [6, 6.07) is 1.64. The molecule has 0 atom stereocenters. The van der Waals surface area contributed by atoms with Crippen molar-refractivity contribution >= 4 is 17.7 Å². The number of esters is 2. The van der Waals surface area contributed by atoms with Gasteiger partial charge in [0.2, 0.25) is 0 Å². The molecule has 0 aromatic rings. The average Bonchev–Trinajstić information content (AvgIpc) is 2.18. The van der Waals surface area contributed by atoms with E-state index in [1.165, 1.54) is 21.1 Å². The summed E-state index contributed by atoms with van der Waals surface area (Å²) >= 11 is 0. The first-order valence-corrected chi connectivity index (χ1v) is 3.97. The Morgan fingerprint density at radius 1 is 1.13 bits per heavy atom. The van der Waals surface area contributed by atoms with Crippen molar-refractivity contribution in [3.8, 4) is 6.07 Å². The molecule has 0 heterocycles. The second-order valence-corrected chi connectivity index (χ2v) is 2.37. The Hall–Kier alpha value is -1.90. The molecule has 15 heavy (non-hydrogen) atoms. The quantitative estimate of drug-likeness (QED) is 0.493. The lowest BCUT2D eigenvalue weighted by atomic mass is 10.3. The van der Waals surface area contributed by atoms with Gasteiger partial charge >= 0.3 is 11.9 Å². The maximum atomic E-state index is 10.2. The van der Waals surface area contributed by atoms with Crippen molar-refractivity contribution in [3.63, 3.8) is 0 Å². The normalized spacial score (nSPS) is 7.60. The van der Waals surface area contributed by atoms with E-state index in [0.29, 0.717) is 0 Å². The van der Waals surface area contributed by atoms with Crippen LogP contribution in [0.15, 0.2) is 0 Å². The molecule has 0 unspecified atom stereocenters. The van der Waals surface area contributed by atoms with Crippen molar-refractivity contribution < 1.29 is 23.9 Å². The number of ketones is 1. The number of Topliss-reactive ketones (excluding diaryl/α,β-unsaturated/α-hetero) is 1. The minimum atomic E-state index is -0.484. The number of carbonyl (C=O) groups is 3. The van der Waals surface area contributed by atoms with Crippen LogP contribution in [-0.2, 0) is 23.9 Å². The topological polar surface area (TPSA) is 93.5 Å². The Bertz CT molecular complexity index is 266. The zero-order valence-corrected chi connectivity index (χ0v) is 8.90. The van der Waals surface area contributed by atoms with Crippen LogP contribution in [0.3, 0.4) is 0 Å². The summed E-state index contributed by atoms with van der Waals surface area (Å²) < 4.78 is 8.33. The fraction of sp³-hybridized carbons (Fsp3) is 0.556. The largest absolute Gasteiger partial charge is 0.469 e. The second-order valence-electron chi connectivity index (χ2n) is 2.37. The summed E-state index contributed by atoms with van der Waals surface area (Å²) in [6.07, 6.45) is -0.271. The number of rotatable bonds is 3. The molecule has 0 rings (SSSR count). The Morgan fingerprint density at radius 2 is 1.60 bits per heavy atom. The SMILES string of the molecule is COC(=O)CC#N.COC(=O)CC(C)=O. The molecule has 0 aromatic heterocycles. The van der Waals surface area contributed by atoms with Crippen molar-refractivity contribution in [2.75, 3.05) is 14.2 Å². The van der Waals surface area contributed by atoms with Crippen LogP contribution >= 0.6 is 0 Å². The molecule has 6 nitrogen and oxygen atoms in total. The predicted octanol–water partition coefficient (Wildman–Crippen LogP) is 0.212. The van der Waals surface area contributed by atoms with Gasteiger partial charge in [-0.2, -0.15) is 5.26 Å². The van der Waals surface area contributed by atoms with E-state index in [0.717, 1.165) is 0 Å². The van der Waals surface area contributed by atoms with E-state index < -0.39 is 11.9 Å². The molecular formula is C9H13NO5. The van der Waals surface area contributed by atoms with E-state index in [4.69, 9.17) is 5.26 Å². The molecule has 0 amide bonds. The molecule has 0 aliphatic carbocycles. The van der Waals surface area contributed by atoms with Crippen LogP contribution in [-0.4, -0.2) is 31.9 Å². The fourth-order valence-corrected chi connectivity index (χ4v) is 0.412. The molecule has 0 fully saturated rings. The first-order chi connectivity index (χ1) is 6.97. The van der Waals surface area contributed by atoms with Crippen LogP contribution < -0.4 is 0 Å². The monoisotopic (exact) mass is 215 g/mol. The Labute approximate surface area is 87.8 Å². The van der Waals surface area contributed by atoms with Gasteiger partial charge in [0.1, 0.15) is 18.6 Å². The van der Waals surface area contributed by atoms with E-state index in [2.05, 4.69) is 9.47 Å². The standard InChI is InChI=1S/C5H8O3.C4H5NO2/c1-4(6)3-5(7)8-2;1-7-4(6)2-3-5/h3H2,1-2H3;2H2,1H3. The highest BCUT2D eigenvalue weighted by Gasteiger charge is 2.01. The van der Waals surface area contributed by atoms with Crippen LogP contribution in [0.4, 0.5) is 0 Å². The molecule has 0 aliphatic heterocycles. The van der Waals surface area contributed by atoms with Gasteiger partial charge in [0.15, 0.2) is 0 Å². The van der Waals surface area contributed by atoms with E-state index in [-0.39, 0.29) is 18.6 Å². The van der Waals surface area contributed by atoms with Gasteiger partial charge in [-0.15, -0.1) is 0 Å². The molecular weight excluding hydrogens is 202 g/mol.